The second-order valence-corrected chi connectivity index (χ2v) is 4.63. The van der Waals surface area contributed by atoms with E-state index in [0.29, 0.717) is 17.4 Å². The van der Waals surface area contributed by atoms with Crippen LogP contribution in [0.25, 0.3) is 0 Å². The maximum Gasteiger partial charge on any atom is 0.330 e. The monoisotopic (exact) mass is 258 g/mol. The first-order chi connectivity index (χ1) is 8.38. The SMILES string of the molecule is C=CC(=O)OCCC(C[N+](C)(CC)CC)C(=O)O. The largest absolute Gasteiger partial charge is 0.481 e. The van der Waals surface area contributed by atoms with Crippen LogP contribution >= 0.6 is 0 Å². The molecule has 0 bridgehead atoms. The van der Waals surface area contributed by atoms with Crippen molar-refractivity contribution in [2.45, 2.75) is 20.3 Å². The summed E-state index contributed by atoms with van der Waals surface area (Å²) < 4.78 is 5.53. The highest BCUT2D eigenvalue weighted by atomic mass is 16.5. The van der Waals surface area contributed by atoms with Crippen LogP contribution in [0.3, 0.4) is 0 Å². The van der Waals surface area contributed by atoms with E-state index in [1.54, 1.807) is 0 Å². The Labute approximate surface area is 109 Å². The highest BCUT2D eigenvalue weighted by Crippen LogP contribution is 2.12. The molecule has 5 nitrogen and oxygen atoms in total. The van der Waals surface area contributed by atoms with Gasteiger partial charge in [0.25, 0.3) is 0 Å². The fourth-order valence-corrected chi connectivity index (χ4v) is 1.67. The molecule has 5 heteroatoms. The van der Waals surface area contributed by atoms with Crippen LogP contribution in [0, 0.1) is 5.92 Å². The number of carboxylic acids is 1. The molecule has 0 radical (unpaired) electrons. The smallest absolute Gasteiger partial charge is 0.330 e. The fourth-order valence-electron chi connectivity index (χ4n) is 1.67. The molecule has 0 saturated carbocycles. The van der Waals surface area contributed by atoms with Crippen molar-refractivity contribution in [1.82, 2.24) is 0 Å². The van der Waals surface area contributed by atoms with E-state index in [1.807, 2.05) is 20.9 Å². The summed E-state index contributed by atoms with van der Waals surface area (Å²) in [7, 11) is 2.03. The van der Waals surface area contributed by atoms with Gasteiger partial charge in [0.05, 0.1) is 33.3 Å². The zero-order valence-electron chi connectivity index (χ0n) is 11.5. The first-order valence-electron chi connectivity index (χ1n) is 6.24. The summed E-state index contributed by atoms with van der Waals surface area (Å²) in [6.45, 7) is 9.80. The van der Waals surface area contributed by atoms with E-state index in [9.17, 15) is 14.7 Å². The molecule has 0 aromatic rings. The zero-order valence-corrected chi connectivity index (χ0v) is 11.5. The van der Waals surface area contributed by atoms with Gasteiger partial charge in [-0.25, -0.2) is 4.79 Å². The van der Waals surface area contributed by atoms with E-state index in [2.05, 4.69) is 6.58 Å². The summed E-state index contributed by atoms with van der Waals surface area (Å²) in [5.74, 6) is -1.84. The van der Waals surface area contributed by atoms with Crippen LogP contribution in [0.1, 0.15) is 20.3 Å². The quantitative estimate of drug-likeness (QED) is 0.384. The number of carbonyl (C=O) groups is 2. The van der Waals surface area contributed by atoms with Crippen molar-refractivity contribution in [3.63, 3.8) is 0 Å². The minimum absolute atomic E-state index is 0.120. The lowest BCUT2D eigenvalue weighted by atomic mass is 10.0. The van der Waals surface area contributed by atoms with Crippen molar-refractivity contribution in [3.8, 4) is 0 Å². The minimum atomic E-state index is -0.837. The number of carbonyl (C=O) groups excluding carboxylic acids is 1. The molecule has 0 saturated heterocycles. The lowest BCUT2D eigenvalue weighted by Gasteiger charge is -2.34. The Balaban J connectivity index is 4.36. The predicted molar refractivity (Wildman–Crippen MR) is 69.0 cm³/mol. The van der Waals surface area contributed by atoms with Gasteiger partial charge in [-0.05, 0) is 13.8 Å². The van der Waals surface area contributed by atoms with Crippen LogP contribution in [0.15, 0.2) is 12.7 Å². The molecular formula is C13H24NO4+. The average Bonchev–Trinajstić information content (AvgIpc) is 2.36. The van der Waals surface area contributed by atoms with Crippen LogP contribution in [-0.2, 0) is 14.3 Å². The van der Waals surface area contributed by atoms with E-state index < -0.39 is 17.9 Å². The summed E-state index contributed by atoms with van der Waals surface area (Å²) in [5.41, 5.74) is 0. The normalized spacial score (nSPS) is 12.8. The van der Waals surface area contributed by atoms with Crippen molar-refractivity contribution in [3.05, 3.63) is 12.7 Å². The Morgan fingerprint density at radius 3 is 2.33 bits per heavy atom. The number of aliphatic carboxylic acids is 1. The molecule has 0 aliphatic carbocycles. The number of rotatable bonds is 9. The van der Waals surface area contributed by atoms with Crippen LogP contribution in [0.2, 0.25) is 0 Å². The summed E-state index contributed by atoms with van der Waals surface area (Å²) in [6, 6.07) is 0. The average molecular weight is 258 g/mol. The molecule has 0 aromatic heterocycles. The molecule has 0 amide bonds. The van der Waals surface area contributed by atoms with Gasteiger partial charge in [-0.2, -0.15) is 0 Å². The van der Waals surface area contributed by atoms with Crippen molar-refractivity contribution >= 4 is 11.9 Å². The van der Waals surface area contributed by atoms with Gasteiger partial charge in [0, 0.05) is 12.5 Å². The number of hydrogen-bond donors (Lipinski definition) is 1. The third kappa shape index (κ3) is 5.82. The molecule has 0 rings (SSSR count). The van der Waals surface area contributed by atoms with Gasteiger partial charge in [-0.15, -0.1) is 0 Å². The third-order valence-corrected chi connectivity index (χ3v) is 3.41. The molecule has 0 aromatic carbocycles. The Hall–Kier alpha value is -1.36. The van der Waals surface area contributed by atoms with Crippen LogP contribution in [-0.4, -0.2) is 54.8 Å². The lowest BCUT2D eigenvalue weighted by Crippen LogP contribution is -2.48. The summed E-state index contributed by atoms with van der Waals surface area (Å²) in [4.78, 5) is 22.1. The van der Waals surface area contributed by atoms with Crippen LogP contribution < -0.4 is 0 Å². The second-order valence-electron chi connectivity index (χ2n) is 4.63. The van der Waals surface area contributed by atoms with Crippen molar-refractivity contribution in [2.24, 2.45) is 5.92 Å². The standard InChI is InChI=1S/C13H23NO4/c1-5-12(15)18-9-8-11(13(16)17)10-14(4,6-2)7-3/h5,11H,1,6-10H2,2-4H3/p+1. The summed E-state index contributed by atoms with van der Waals surface area (Å²) >= 11 is 0. The van der Waals surface area contributed by atoms with Crippen molar-refractivity contribution < 1.29 is 23.9 Å². The third-order valence-electron chi connectivity index (χ3n) is 3.41. The summed E-state index contributed by atoms with van der Waals surface area (Å²) in [6.07, 6.45) is 1.41. The Bertz CT molecular complexity index is 297. The highest BCUT2D eigenvalue weighted by molar-refractivity contribution is 5.81. The molecule has 1 atom stereocenters. The molecule has 104 valence electrons. The molecule has 1 unspecified atom stereocenters. The zero-order chi connectivity index (χ0) is 14.2. The first kappa shape index (κ1) is 16.6. The lowest BCUT2D eigenvalue weighted by molar-refractivity contribution is -0.908. The van der Waals surface area contributed by atoms with Crippen LogP contribution in [0.4, 0.5) is 0 Å². The van der Waals surface area contributed by atoms with E-state index in [1.165, 1.54) is 0 Å². The maximum atomic E-state index is 11.2. The van der Waals surface area contributed by atoms with Crippen LogP contribution in [0.5, 0.6) is 0 Å². The predicted octanol–water partition coefficient (Wildman–Crippen LogP) is 1.29. The molecule has 0 spiro atoms. The molecule has 0 heterocycles. The first-order valence-corrected chi connectivity index (χ1v) is 6.24. The number of hydrogen-bond acceptors (Lipinski definition) is 3. The maximum absolute atomic E-state index is 11.2. The summed E-state index contributed by atoms with van der Waals surface area (Å²) in [5, 5.41) is 9.18. The Morgan fingerprint density at radius 2 is 1.94 bits per heavy atom. The molecule has 0 aliphatic rings. The molecule has 0 aliphatic heterocycles. The van der Waals surface area contributed by atoms with Gasteiger partial charge in [0.1, 0.15) is 5.92 Å². The van der Waals surface area contributed by atoms with E-state index in [4.69, 9.17) is 4.74 Å². The molecule has 1 N–H and O–H groups in total. The van der Waals surface area contributed by atoms with E-state index in [0.717, 1.165) is 19.2 Å². The fraction of sp³-hybridized carbons (Fsp3) is 0.692. The number of quaternary nitrogens is 1. The van der Waals surface area contributed by atoms with Gasteiger partial charge in [-0.1, -0.05) is 6.58 Å². The van der Waals surface area contributed by atoms with Gasteiger partial charge in [0.15, 0.2) is 0 Å². The van der Waals surface area contributed by atoms with E-state index >= 15 is 0 Å². The second kappa shape index (κ2) is 7.87. The minimum Gasteiger partial charge on any atom is -0.481 e. The Kier molecular flexibility index (Phi) is 7.27. The number of nitrogens with zero attached hydrogens (tertiary/aromatic N) is 1. The van der Waals surface area contributed by atoms with Gasteiger partial charge in [0.2, 0.25) is 0 Å². The Morgan fingerprint density at radius 1 is 1.39 bits per heavy atom. The topological polar surface area (TPSA) is 63.6 Å². The van der Waals surface area contributed by atoms with Gasteiger partial charge in [-0.3, -0.25) is 4.79 Å². The van der Waals surface area contributed by atoms with E-state index in [-0.39, 0.29) is 6.61 Å². The van der Waals surface area contributed by atoms with Gasteiger partial charge < -0.3 is 14.3 Å². The van der Waals surface area contributed by atoms with Crippen molar-refractivity contribution in [1.29, 1.82) is 0 Å². The molecule has 18 heavy (non-hydrogen) atoms. The van der Waals surface area contributed by atoms with Gasteiger partial charge >= 0.3 is 11.9 Å². The number of ether oxygens (including phenoxy) is 1. The van der Waals surface area contributed by atoms with Crippen molar-refractivity contribution in [2.75, 3.05) is 33.3 Å². The molecular weight excluding hydrogens is 234 g/mol. The number of esters is 1. The number of carboxylic acid groups (broad SMARTS) is 1. The highest BCUT2D eigenvalue weighted by Gasteiger charge is 2.28. The molecule has 0 fully saturated rings.